The summed E-state index contributed by atoms with van der Waals surface area (Å²) < 4.78 is 21.9. The highest BCUT2D eigenvalue weighted by Crippen LogP contribution is 2.47. The van der Waals surface area contributed by atoms with Crippen LogP contribution in [0, 0.1) is 0 Å². The van der Waals surface area contributed by atoms with Gasteiger partial charge in [-0.15, -0.1) is 0 Å². The number of primary amides is 2. The summed E-state index contributed by atoms with van der Waals surface area (Å²) in [4.78, 5) is 24.5. The molecule has 2 aliphatic rings. The first-order chi connectivity index (χ1) is 13.5. The van der Waals surface area contributed by atoms with Crippen molar-refractivity contribution in [1.82, 2.24) is 0 Å². The highest BCUT2D eigenvalue weighted by molar-refractivity contribution is 6.18. The van der Waals surface area contributed by atoms with Crippen molar-refractivity contribution < 1.29 is 28.5 Å². The minimum Gasteiger partial charge on any atom is -0.454 e. The molecule has 2 aliphatic heterocycles. The van der Waals surface area contributed by atoms with Crippen molar-refractivity contribution in [1.29, 1.82) is 0 Å². The van der Waals surface area contributed by atoms with Gasteiger partial charge in [0.1, 0.15) is 0 Å². The highest BCUT2D eigenvalue weighted by Gasteiger charge is 2.28. The second-order valence-corrected chi connectivity index (χ2v) is 6.37. The maximum Gasteiger partial charge on any atom is 0.250 e. The molecule has 4 N–H and O–H groups in total. The van der Waals surface area contributed by atoms with Gasteiger partial charge in [-0.1, -0.05) is 12.1 Å². The zero-order valence-electron chi connectivity index (χ0n) is 14.5. The molecule has 0 fully saturated rings. The van der Waals surface area contributed by atoms with E-state index in [4.69, 9.17) is 30.4 Å². The van der Waals surface area contributed by atoms with Crippen LogP contribution < -0.4 is 30.4 Å². The van der Waals surface area contributed by atoms with Crippen molar-refractivity contribution in [2.24, 2.45) is 11.5 Å². The molecular formula is C20H14N2O6. The van der Waals surface area contributed by atoms with Crippen LogP contribution in [-0.4, -0.2) is 25.4 Å². The monoisotopic (exact) mass is 378 g/mol. The van der Waals surface area contributed by atoms with Gasteiger partial charge in [-0.05, 0) is 35.2 Å². The zero-order chi connectivity index (χ0) is 19.4. The quantitative estimate of drug-likeness (QED) is 0.720. The molecule has 5 rings (SSSR count). The van der Waals surface area contributed by atoms with E-state index in [1.54, 1.807) is 30.3 Å². The van der Waals surface area contributed by atoms with Gasteiger partial charge in [-0.25, -0.2) is 0 Å². The lowest BCUT2D eigenvalue weighted by Gasteiger charge is -2.16. The van der Waals surface area contributed by atoms with Crippen molar-refractivity contribution in [3.05, 3.63) is 47.5 Å². The fraction of sp³-hybridized carbons (Fsp3) is 0.100. The van der Waals surface area contributed by atoms with E-state index in [0.717, 1.165) is 0 Å². The number of amides is 2. The van der Waals surface area contributed by atoms with Gasteiger partial charge in [0.25, 0.3) is 0 Å². The molecule has 0 aromatic heterocycles. The number of carbonyl (C=O) groups excluding carboxylic acids is 2. The van der Waals surface area contributed by atoms with E-state index < -0.39 is 11.8 Å². The molecule has 0 aliphatic carbocycles. The second kappa shape index (κ2) is 5.78. The standard InChI is InChI=1S/C20H14N2O6/c21-19(23)11-5-9-2-4-13-18(28-8-26-13)16(9)15(17(11)20(22)24)10-1-3-12-14(6-10)27-7-25-12/h1-6H,7-8H2,(H2,21,23)(H2,22,24). The Kier molecular flexibility index (Phi) is 3.35. The molecule has 140 valence electrons. The van der Waals surface area contributed by atoms with Crippen molar-refractivity contribution in [2.45, 2.75) is 0 Å². The molecule has 0 radical (unpaired) electrons. The molecule has 2 amide bonds. The zero-order valence-corrected chi connectivity index (χ0v) is 14.5. The van der Waals surface area contributed by atoms with Crippen LogP contribution in [0.4, 0.5) is 0 Å². The van der Waals surface area contributed by atoms with E-state index >= 15 is 0 Å². The van der Waals surface area contributed by atoms with Crippen LogP contribution >= 0.6 is 0 Å². The molecule has 3 aromatic carbocycles. The fourth-order valence-corrected chi connectivity index (χ4v) is 3.64. The van der Waals surface area contributed by atoms with Crippen molar-refractivity contribution >= 4 is 22.6 Å². The van der Waals surface area contributed by atoms with Gasteiger partial charge < -0.3 is 30.4 Å². The van der Waals surface area contributed by atoms with Crippen molar-refractivity contribution in [3.63, 3.8) is 0 Å². The smallest absolute Gasteiger partial charge is 0.250 e. The van der Waals surface area contributed by atoms with Crippen LogP contribution in [0.3, 0.4) is 0 Å². The van der Waals surface area contributed by atoms with E-state index in [-0.39, 0.29) is 24.7 Å². The second-order valence-electron chi connectivity index (χ2n) is 6.37. The van der Waals surface area contributed by atoms with Gasteiger partial charge in [-0.2, -0.15) is 0 Å². The predicted molar refractivity (Wildman–Crippen MR) is 98.7 cm³/mol. The first-order valence-corrected chi connectivity index (χ1v) is 8.43. The summed E-state index contributed by atoms with van der Waals surface area (Å²) in [5, 5.41) is 1.27. The Morgan fingerprint density at radius 3 is 2.29 bits per heavy atom. The third-order valence-electron chi connectivity index (χ3n) is 4.81. The van der Waals surface area contributed by atoms with Crippen molar-refractivity contribution in [3.8, 4) is 34.1 Å². The van der Waals surface area contributed by atoms with Crippen LogP contribution in [0.25, 0.3) is 21.9 Å². The summed E-state index contributed by atoms with van der Waals surface area (Å²) in [6, 6.07) is 10.3. The average molecular weight is 378 g/mol. The lowest BCUT2D eigenvalue weighted by Crippen LogP contribution is -2.22. The third-order valence-corrected chi connectivity index (χ3v) is 4.81. The van der Waals surface area contributed by atoms with Crippen LogP contribution in [0.5, 0.6) is 23.0 Å². The van der Waals surface area contributed by atoms with E-state index in [1.165, 1.54) is 6.07 Å². The van der Waals surface area contributed by atoms with Crippen LogP contribution in [0.2, 0.25) is 0 Å². The Labute approximate surface area is 158 Å². The molecule has 28 heavy (non-hydrogen) atoms. The summed E-state index contributed by atoms with van der Waals surface area (Å²) in [7, 11) is 0. The van der Waals surface area contributed by atoms with Gasteiger partial charge >= 0.3 is 0 Å². The molecule has 0 saturated carbocycles. The molecule has 0 saturated heterocycles. The van der Waals surface area contributed by atoms with Gasteiger partial charge in [0.15, 0.2) is 23.0 Å². The topological polar surface area (TPSA) is 123 Å². The largest absolute Gasteiger partial charge is 0.454 e. The summed E-state index contributed by atoms with van der Waals surface area (Å²) in [5.41, 5.74) is 12.3. The lowest BCUT2D eigenvalue weighted by molar-refractivity contribution is 0.0968. The Bertz CT molecular complexity index is 1190. The third kappa shape index (κ3) is 2.24. The summed E-state index contributed by atoms with van der Waals surface area (Å²) in [6.07, 6.45) is 0. The lowest BCUT2D eigenvalue weighted by atomic mass is 9.88. The maximum absolute atomic E-state index is 12.4. The molecule has 8 heteroatoms. The SMILES string of the molecule is NC(=O)c1cc2ccc3c(c2c(-c2ccc4c(c2)OCO4)c1C(N)=O)OCO3. The van der Waals surface area contributed by atoms with Crippen molar-refractivity contribution in [2.75, 3.05) is 13.6 Å². The first kappa shape index (κ1) is 16.2. The molecule has 0 bridgehead atoms. The molecule has 8 nitrogen and oxygen atoms in total. The number of rotatable bonds is 3. The number of nitrogens with two attached hydrogens (primary N) is 2. The van der Waals surface area contributed by atoms with E-state index in [0.29, 0.717) is 44.9 Å². The Morgan fingerprint density at radius 1 is 0.786 bits per heavy atom. The molecular weight excluding hydrogens is 364 g/mol. The Morgan fingerprint density at radius 2 is 1.50 bits per heavy atom. The number of fused-ring (bicyclic) bond motifs is 4. The van der Waals surface area contributed by atoms with Crippen LogP contribution in [-0.2, 0) is 0 Å². The number of carbonyl (C=O) groups is 2. The predicted octanol–water partition coefficient (Wildman–Crippen LogP) is 2.16. The highest BCUT2D eigenvalue weighted by atomic mass is 16.7. The van der Waals surface area contributed by atoms with Crippen LogP contribution in [0.1, 0.15) is 20.7 Å². The number of hydrogen-bond acceptors (Lipinski definition) is 6. The molecule has 2 heterocycles. The minimum absolute atomic E-state index is 0.0164. The van der Waals surface area contributed by atoms with E-state index in [2.05, 4.69) is 0 Å². The molecule has 0 unspecified atom stereocenters. The van der Waals surface area contributed by atoms with Crippen LogP contribution in [0.15, 0.2) is 36.4 Å². The van der Waals surface area contributed by atoms with Gasteiger partial charge in [-0.3, -0.25) is 9.59 Å². The summed E-state index contributed by atoms with van der Waals surface area (Å²) in [5.74, 6) is 0.593. The molecule has 0 atom stereocenters. The van der Waals surface area contributed by atoms with E-state index in [1.807, 2.05) is 0 Å². The maximum atomic E-state index is 12.4. The number of hydrogen-bond donors (Lipinski definition) is 2. The normalized spacial score (nSPS) is 13.7. The van der Waals surface area contributed by atoms with E-state index in [9.17, 15) is 9.59 Å². The first-order valence-electron chi connectivity index (χ1n) is 8.43. The molecule has 3 aromatic rings. The summed E-state index contributed by atoms with van der Waals surface area (Å²) in [6.45, 7) is 0.161. The Balaban J connectivity index is 1.94. The fourth-order valence-electron chi connectivity index (χ4n) is 3.64. The van der Waals surface area contributed by atoms with Gasteiger partial charge in [0.2, 0.25) is 25.4 Å². The average Bonchev–Trinajstić information content (AvgIpc) is 3.34. The Hall–Kier alpha value is -3.94. The minimum atomic E-state index is -0.778. The van der Waals surface area contributed by atoms with Gasteiger partial charge in [0.05, 0.1) is 11.1 Å². The summed E-state index contributed by atoms with van der Waals surface area (Å²) >= 11 is 0. The van der Waals surface area contributed by atoms with Gasteiger partial charge in [0, 0.05) is 10.9 Å². The number of ether oxygens (including phenoxy) is 4. The number of benzene rings is 3. The molecule has 0 spiro atoms.